The van der Waals surface area contributed by atoms with Crippen molar-refractivity contribution in [3.05, 3.63) is 59.9 Å². The minimum Gasteiger partial charge on any atom is -0.374 e. The summed E-state index contributed by atoms with van der Waals surface area (Å²) < 4.78 is 0. The van der Waals surface area contributed by atoms with Crippen LogP contribution < -0.4 is 15.5 Å². The molecule has 0 aliphatic carbocycles. The SMILES string of the molecule is CN1CC(CNC(=O)NCCc2c[nH]c3ncccc23)Cc2ccccc21. The van der Waals surface area contributed by atoms with E-state index >= 15 is 0 Å². The van der Waals surface area contributed by atoms with Crippen molar-refractivity contribution < 1.29 is 4.79 Å². The first-order valence-electron chi connectivity index (χ1n) is 9.42. The van der Waals surface area contributed by atoms with E-state index in [1.165, 1.54) is 16.8 Å². The molecule has 3 aromatic rings. The number of H-pyrrole nitrogens is 1. The Bertz CT molecular complexity index is 935. The molecular formula is C21H25N5O. The van der Waals surface area contributed by atoms with Crippen LogP contribution in [0.5, 0.6) is 0 Å². The first-order chi connectivity index (χ1) is 13.2. The van der Waals surface area contributed by atoms with Crippen LogP contribution in [0.3, 0.4) is 0 Å². The zero-order chi connectivity index (χ0) is 18.6. The van der Waals surface area contributed by atoms with Gasteiger partial charge in [0.2, 0.25) is 0 Å². The molecule has 0 saturated heterocycles. The number of amides is 2. The molecule has 0 fully saturated rings. The number of carbonyl (C=O) groups is 1. The summed E-state index contributed by atoms with van der Waals surface area (Å²) in [5.41, 5.74) is 4.71. The lowest BCUT2D eigenvalue weighted by atomic mass is 9.93. The van der Waals surface area contributed by atoms with Crippen molar-refractivity contribution in [1.29, 1.82) is 0 Å². The predicted octanol–water partition coefficient (Wildman–Crippen LogP) is 2.71. The summed E-state index contributed by atoms with van der Waals surface area (Å²) in [5.74, 6) is 0.426. The van der Waals surface area contributed by atoms with Crippen LogP contribution in [0.15, 0.2) is 48.8 Å². The second-order valence-corrected chi connectivity index (χ2v) is 7.18. The van der Waals surface area contributed by atoms with Crippen LogP contribution in [0.2, 0.25) is 0 Å². The molecule has 3 N–H and O–H groups in total. The van der Waals surface area contributed by atoms with Crippen LogP contribution in [-0.4, -0.2) is 42.7 Å². The second kappa shape index (κ2) is 7.70. The summed E-state index contributed by atoms with van der Waals surface area (Å²) in [6.07, 6.45) is 5.52. The standard InChI is InChI=1S/C21H25N5O/c1-26-14-15(11-16-5-2-3-7-19(16)26)12-25-21(27)23-10-8-17-13-24-20-18(17)6-4-9-22-20/h2-7,9,13,15H,8,10-12,14H2,1H3,(H,22,24)(H2,23,25,27). The van der Waals surface area contributed by atoms with Gasteiger partial charge in [0.1, 0.15) is 5.65 Å². The molecule has 1 aliphatic rings. The Labute approximate surface area is 159 Å². The van der Waals surface area contributed by atoms with Gasteiger partial charge in [-0.2, -0.15) is 0 Å². The molecule has 3 heterocycles. The number of aromatic amines is 1. The van der Waals surface area contributed by atoms with Crippen molar-refractivity contribution >= 4 is 22.8 Å². The maximum absolute atomic E-state index is 12.1. The first kappa shape index (κ1) is 17.4. The molecule has 140 valence electrons. The number of hydrogen-bond donors (Lipinski definition) is 3. The molecule has 6 heteroatoms. The van der Waals surface area contributed by atoms with Gasteiger partial charge in [0.15, 0.2) is 0 Å². The van der Waals surface area contributed by atoms with E-state index in [4.69, 9.17) is 0 Å². The molecule has 4 rings (SSSR count). The van der Waals surface area contributed by atoms with Crippen LogP contribution in [-0.2, 0) is 12.8 Å². The smallest absolute Gasteiger partial charge is 0.314 e. The van der Waals surface area contributed by atoms with E-state index in [0.29, 0.717) is 19.0 Å². The number of nitrogens with one attached hydrogen (secondary N) is 3. The number of aromatic nitrogens is 2. The second-order valence-electron chi connectivity index (χ2n) is 7.18. The maximum atomic E-state index is 12.1. The van der Waals surface area contributed by atoms with Crippen molar-refractivity contribution in [2.75, 3.05) is 31.6 Å². The summed E-state index contributed by atoms with van der Waals surface area (Å²) in [4.78, 5) is 21.9. The van der Waals surface area contributed by atoms with E-state index in [1.807, 2.05) is 18.3 Å². The van der Waals surface area contributed by atoms with Gasteiger partial charge in [-0.25, -0.2) is 9.78 Å². The molecule has 1 unspecified atom stereocenters. The molecule has 0 radical (unpaired) electrons. The molecule has 27 heavy (non-hydrogen) atoms. The van der Waals surface area contributed by atoms with Crippen LogP contribution in [0.1, 0.15) is 11.1 Å². The minimum atomic E-state index is -0.102. The van der Waals surface area contributed by atoms with Gasteiger partial charge in [0.25, 0.3) is 0 Å². The Balaban J connectivity index is 1.23. The molecule has 0 bridgehead atoms. The highest BCUT2D eigenvalue weighted by atomic mass is 16.2. The van der Waals surface area contributed by atoms with Gasteiger partial charge in [-0.1, -0.05) is 18.2 Å². The van der Waals surface area contributed by atoms with Gasteiger partial charge < -0.3 is 20.5 Å². The molecule has 1 aliphatic heterocycles. The van der Waals surface area contributed by atoms with E-state index in [2.05, 4.69) is 56.8 Å². The number of anilines is 1. The van der Waals surface area contributed by atoms with E-state index in [1.54, 1.807) is 6.20 Å². The average molecular weight is 363 g/mol. The highest BCUT2D eigenvalue weighted by Gasteiger charge is 2.22. The molecule has 2 amide bonds. The summed E-state index contributed by atoms with van der Waals surface area (Å²) in [6, 6.07) is 12.4. The number of nitrogens with zero attached hydrogens (tertiary/aromatic N) is 2. The van der Waals surface area contributed by atoms with Crippen molar-refractivity contribution in [2.45, 2.75) is 12.8 Å². The summed E-state index contributed by atoms with van der Waals surface area (Å²) >= 11 is 0. The Kier molecular flexibility index (Phi) is 4.96. The zero-order valence-electron chi connectivity index (χ0n) is 15.5. The van der Waals surface area contributed by atoms with E-state index < -0.39 is 0 Å². The van der Waals surface area contributed by atoms with Crippen molar-refractivity contribution in [1.82, 2.24) is 20.6 Å². The van der Waals surface area contributed by atoms with Gasteiger partial charge >= 0.3 is 6.03 Å². The number of hydrogen-bond acceptors (Lipinski definition) is 3. The lowest BCUT2D eigenvalue weighted by molar-refractivity contribution is 0.239. The molecule has 6 nitrogen and oxygen atoms in total. The minimum absolute atomic E-state index is 0.102. The zero-order valence-corrected chi connectivity index (χ0v) is 15.5. The number of para-hydroxylation sites is 1. The molecule has 2 aromatic heterocycles. The molecular weight excluding hydrogens is 338 g/mol. The summed E-state index contributed by atoms with van der Waals surface area (Å²) in [7, 11) is 2.11. The van der Waals surface area contributed by atoms with Gasteiger partial charge in [0.05, 0.1) is 0 Å². The number of benzene rings is 1. The number of fused-ring (bicyclic) bond motifs is 2. The van der Waals surface area contributed by atoms with Crippen LogP contribution in [0, 0.1) is 5.92 Å². The fraction of sp³-hybridized carbons (Fsp3) is 0.333. The van der Waals surface area contributed by atoms with E-state index in [-0.39, 0.29) is 6.03 Å². The van der Waals surface area contributed by atoms with Crippen molar-refractivity contribution in [2.24, 2.45) is 5.92 Å². The van der Waals surface area contributed by atoms with Crippen molar-refractivity contribution in [3.8, 4) is 0 Å². The molecule has 1 aromatic carbocycles. The average Bonchev–Trinajstić information content (AvgIpc) is 3.10. The van der Waals surface area contributed by atoms with Gasteiger partial charge in [-0.3, -0.25) is 0 Å². The lowest BCUT2D eigenvalue weighted by Crippen LogP contribution is -2.43. The van der Waals surface area contributed by atoms with Gasteiger partial charge in [-0.15, -0.1) is 0 Å². The highest BCUT2D eigenvalue weighted by molar-refractivity contribution is 5.79. The van der Waals surface area contributed by atoms with Crippen LogP contribution in [0.25, 0.3) is 11.0 Å². The van der Waals surface area contributed by atoms with Gasteiger partial charge in [-0.05, 0) is 48.1 Å². The van der Waals surface area contributed by atoms with E-state index in [9.17, 15) is 4.79 Å². The molecule has 0 spiro atoms. The number of urea groups is 1. The lowest BCUT2D eigenvalue weighted by Gasteiger charge is -2.33. The maximum Gasteiger partial charge on any atom is 0.314 e. The van der Waals surface area contributed by atoms with Crippen LogP contribution in [0.4, 0.5) is 10.5 Å². The Morgan fingerprint density at radius 2 is 2.15 bits per heavy atom. The topological polar surface area (TPSA) is 73.1 Å². The quantitative estimate of drug-likeness (QED) is 0.653. The largest absolute Gasteiger partial charge is 0.374 e. The van der Waals surface area contributed by atoms with Crippen molar-refractivity contribution in [3.63, 3.8) is 0 Å². The number of rotatable bonds is 5. The molecule has 1 atom stereocenters. The molecule has 0 saturated carbocycles. The fourth-order valence-electron chi connectivity index (χ4n) is 3.88. The summed E-state index contributed by atoms with van der Waals surface area (Å²) in [6.45, 7) is 2.24. The predicted molar refractivity (Wildman–Crippen MR) is 108 cm³/mol. The highest BCUT2D eigenvalue weighted by Crippen LogP contribution is 2.27. The Morgan fingerprint density at radius 1 is 1.26 bits per heavy atom. The Morgan fingerprint density at radius 3 is 3.07 bits per heavy atom. The van der Waals surface area contributed by atoms with Crippen LogP contribution >= 0.6 is 0 Å². The monoisotopic (exact) mass is 363 g/mol. The Hall–Kier alpha value is -3.02. The van der Waals surface area contributed by atoms with Gasteiger partial charge in [0, 0.05) is 50.1 Å². The third-order valence-corrected chi connectivity index (χ3v) is 5.21. The van der Waals surface area contributed by atoms with E-state index in [0.717, 1.165) is 30.4 Å². The first-order valence-corrected chi connectivity index (χ1v) is 9.42. The number of pyridine rings is 1. The number of carbonyl (C=O) groups excluding carboxylic acids is 1. The third kappa shape index (κ3) is 3.89. The fourth-order valence-corrected chi connectivity index (χ4v) is 3.88. The normalized spacial score (nSPS) is 16.2. The summed E-state index contributed by atoms with van der Waals surface area (Å²) in [5, 5.41) is 7.10. The third-order valence-electron chi connectivity index (χ3n) is 5.21.